The maximum Gasteiger partial charge on any atom is 0.174 e. The Balaban J connectivity index is 1.32. The van der Waals surface area contributed by atoms with E-state index in [9.17, 15) is 0 Å². The molecule has 8 heteroatoms. The smallest absolute Gasteiger partial charge is 0.174 e. The summed E-state index contributed by atoms with van der Waals surface area (Å²) in [5.41, 5.74) is 4.85. The summed E-state index contributed by atoms with van der Waals surface area (Å²) in [6.07, 6.45) is 3.26. The number of benzene rings is 2. The monoisotopic (exact) mass is 449 g/mol. The van der Waals surface area contributed by atoms with Crippen LogP contribution in [0.1, 0.15) is 17.1 Å². The third-order valence-corrected chi connectivity index (χ3v) is 5.23. The Morgan fingerprint density at radius 1 is 0.912 bits per heavy atom. The highest BCUT2D eigenvalue weighted by atomic mass is 16.5. The maximum absolute atomic E-state index is 6.24. The van der Waals surface area contributed by atoms with Crippen LogP contribution in [0.2, 0.25) is 0 Å². The Hall–Kier alpha value is -4.59. The van der Waals surface area contributed by atoms with E-state index in [2.05, 4.69) is 43.1 Å². The number of aromatic amines is 1. The van der Waals surface area contributed by atoms with Gasteiger partial charge in [0.05, 0.1) is 0 Å². The number of ether oxygens (including phenoxy) is 1. The van der Waals surface area contributed by atoms with E-state index in [1.165, 1.54) is 5.56 Å². The zero-order chi connectivity index (χ0) is 23.2. The molecule has 0 aliphatic rings. The lowest BCUT2D eigenvalue weighted by molar-refractivity contribution is 0.482. The van der Waals surface area contributed by atoms with Crippen LogP contribution >= 0.6 is 0 Å². The average Bonchev–Trinajstić information content (AvgIpc) is 3.39. The van der Waals surface area contributed by atoms with Gasteiger partial charge in [-0.05, 0) is 49.2 Å². The van der Waals surface area contributed by atoms with Gasteiger partial charge < -0.3 is 10.1 Å². The molecule has 5 rings (SSSR count). The van der Waals surface area contributed by atoms with Crippen molar-refractivity contribution in [1.82, 2.24) is 30.6 Å². The van der Waals surface area contributed by atoms with E-state index in [1.54, 1.807) is 6.20 Å². The number of tetrazole rings is 1. The Morgan fingerprint density at radius 2 is 1.82 bits per heavy atom. The number of pyridine rings is 2. The van der Waals surface area contributed by atoms with Crippen LogP contribution in [0.4, 0.5) is 11.5 Å². The first-order chi connectivity index (χ1) is 16.7. The predicted molar refractivity (Wildman–Crippen MR) is 130 cm³/mol. The van der Waals surface area contributed by atoms with Crippen molar-refractivity contribution in [3.8, 4) is 22.8 Å². The Morgan fingerprint density at radius 3 is 2.68 bits per heavy atom. The molecule has 0 saturated heterocycles. The molecule has 0 atom stereocenters. The zero-order valence-corrected chi connectivity index (χ0v) is 18.6. The molecule has 0 saturated carbocycles. The fraction of sp³-hybridized carbons (Fsp3) is 0.115. The fourth-order valence-corrected chi connectivity index (χ4v) is 3.60. The Kier molecular flexibility index (Phi) is 6.20. The van der Waals surface area contributed by atoms with Crippen LogP contribution in [0.3, 0.4) is 0 Å². The summed E-state index contributed by atoms with van der Waals surface area (Å²) in [4.78, 5) is 9.15. The lowest BCUT2D eigenvalue weighted by Crippen LogP contribution is -1.98. The third-order valence-electron chi connectivity index (χ3n) is 5.23. The molecule has 0 spiro atoms. The lowest BCUT2D eigenvalue weighted by atomic mass is 10.1. The first-order valence-electron chi connectivity index (χ1n) is 11.0. The molecule has 0 fully saturated rings. The molecule has 0 bridgehead atoms. The number of anilines is 2. The average molecular weight is 450 g/mol. The number of H-pyrrole nitrogens is 1. The SMILES string of the molecule is Cc1ccc(Oc2ccnc(Nc3cccc(CCc4nn[nH]n4)c3)c2)c(-c2ccccc2)n1. The molecule has 3 heterocycles. The highest BCUT2D eigenvalue weighted by molar-refractivity contribution is 5.67. The molecule has 0 aliphatic heterocycles. The van der Waals surface area contributed by atoms with Crippen LogP contribution in [0.25, 0.3) is 11.3 Å². The molecule has 0 aliphatic carbocycles. The van der Waals surface area contributed by atoms with Crippen molar-refractivity contribution in [2.75, 3.05) is 5.32 Å². The van der Waals surface area contributed by atoms with Crippen molar-refractivity contribution in [2.24, 2.45) is 0 Å². The van der Waals surface area contributed by atoms with Gasteiger partial charge in [0.1, 0.15) is 17.3 Å². The van der Waals surface area contributed by atoms with E-state index < -0.39 is 0 Å². The number of hydrogen-bond acceptors (Lipinski definition) is 7. The van der Waals surface area contributed by atoms with Crippen molar-refractivity contribution in [3.05, 3.63) is 102 Å². The lowest BCUT2D eigenvalue weighted by Gasteiger charge is -2.13. The number of aromatic nitrogens is 6. The van der Waals surface area contributed by atoms with Gasteiger partial charge in [-0.25, -0.2) is 9.97 Å². The van der Waals surface area contributed by atoms with Crippen molar-refractivity contribution in [1.29, 1.82) is 0 Å². The van der Waals surface area contributed by atoms with Gasteiger partial charge in [0.2, 0.25) is 0 Å². The van der Waals surface area contributed by atoms with E-state index >= 15 is 0 Å². The van der Waals surface area contributed by atoms with Crippen LogP contribution in [0.5, 0.6) is 11.5 Å². The molecular formula is C26H23N7O. The van der Waals surface area contributed by atoms with Gasteiger partial charge in [-0.15, -0.1) is 10.2 Å². The van der Waals surface area contributed by atoms with Crippen LogP contribution in [0.15, 0.2) is 85.1 Å². The minimum absolute atomic E-state index is 0.675. The minimum atomic E-state index is 0.675. The molecule has 5 aromatic rings. The quantitative estimate of drug-likeness (QED) is 0.332. The summed E-state index contributed by atoms with van der Waals surface area (Å²) in [5.74, 6) is 2.76. The summed E-state index contributed by atoms with van der Waals surface area (Å²) < 4.78 is 6.24. The van der Waals surface area contributed by atoms with Gasteiger partial charge in [-0.1, -0.05) is 47.7 Å². The third kappa shape index (κ3) is 5.24. The second-order valence-electron chi connectivity index (χ2n) is 7.80. The van der Waals surface area contributed by atoms with Gasteiger partial charge in [-0.2, -0.15) is 5.21 Å². The highest BCUT2D eigenvalue weighted by Crippen LogP contribution is 2.32. The number of nitrogens with zero attached hydrogens (tertiary/aromatic N) is 5. The molecule has 2 aromatic carbocycles. The van der Waals surface area contributed by atoms with Crippen LogP contribution in [-0.2, 0) is 12.8 Å². The molecule has 0 radical (unpaired) electrons. The molecular weight excluding hydrogens is 426 g/mol. The van der Waals surface area contributed by atoms with Gasteiger partial charge in [0.25, 0.3) is 0 Å². The summed E-state index contributed by atoms with van der Waals surface area (Å²) in [6, 6.07) is 25.8. The first-order valence-corrected chi connectivity index (χ1v) is 11.0. The normalized spacial score (nSPS) is 10.7. The highest BCUT2D eigenvalue weighted by Gasteiger charge is 2.10. The standard InChI is InChI=1S/C26H23N7O/c1-18-10-12-23(26(28-18)20-7-3-2-4-8-20)34-22-14-15-27-25(17-22)29-21-9-5-6-19(16-21)11-13-24-30-32-33-31-24/h2-10,12,14-17H,11,13H2,1H3,(H,27,29)(H,30,31,32,33). The number of aryl methyl sites for hydroxylation is 3. The van der Waals surface area contributed by atoms with E-state index in [0.717, 1.165) is 35.5 Å². The second kappa shape index (κ2) is 9.91. The Labute approximate surface area is 197 Å². The fourth-order valence-electron chi connectivity index (χ4n) is 3.60. The van der Waals surface area contributed by atoms with E-state index in [4.69, 9.17) is 9.72 Å². The molecule has 0 unspecified atom stereocenters. The van der Waals surface area contributed by atoms with E-state index in [0.29, 0.717) is 23.1 Å². The van der Waals surface area contributed by atoms with Crippen LogP contribution < -0.4 is 10.1 Å². The van der Waals surface area contributed by atoms with Gasteiger partial charge in [0.15, 0.2) is 11.6 Å². The van der Waals surface area contributed by atoms with Gasteiger partial charge in [-0.3, -0.25) is 0 Å². The number of nitrogens with one attached hydrogen (secondary N) is 2. The molecule has 3 aromatic heterocycles. The summed E-state index contributed by atoms with van der Waals surface area (Å²) in [7, 11) is 0. The molecule has 34 heavy (non-hydrogen) atoms. The molecule has 8 nitrogen and oxygen atoms in total. The molecule has 168 valence electrons. The topological polar surface area (TPSA) is 102 Å². The predicted octanol–water partition coefficient (Wildman–Crippen LogP) is 5.29. The molecule has 2 N–H and O–H groups in total. The largest absolute Gasteiger partial charge is 0.455 e. The van der Waals surface area contributed by atoms with Crippen molar-refractivity contribution in [2.45, 2.75) is 19.8 Å². The second-order valence-corrected chi connectivity index (χ2v) is 7.80. The number of hydrogen-bond donors (Lipinski definition) is 2. The van der Waals surface area contributed by atoms with Crippen molar-refractivity contribution >= 4 is 11.5 Å². The summed E-state index contributed by atoms with van der Waals surface area (Å²) in [5, 5.41) is 17.5. The Bertz CT molecular complexity index is 1370. The minimum Gasteiger partial charge on any atom is -0.455 e. The van der Waals surface area contributed by atoms with Gasteiger partial charge in [0, 0.05) is 35.6 Å². The van der Waals surface area contributed by atoms with Gasteiger partial charge >= 0.3 is 0 Å². The maximum atomic E-state index is 6.24. The summed E-state index contributed by atoms with van der Waals surface area (Å²) in [6.45, 7) is 1.97. The van der Waals surface area contributed by atoms with E-state index in [-0.39, 0.29) is 0 Å². The van der Waals surface area contributed by atoms with Crippen molar-refractivity contribution < 1.29 is 4.74 Å². The van der Waals surface area contributed by atoms with Crippen LogP contribution in [0, 0.1) is 6.92 Å². The first kappa shape index (κ1) is 21.3. The van der Waals surface area contributed by atoms with E-state index in [1.807, 2.05) is 73.7 Å². The molecule has 0 amide bonds. The van der Waals surface area contributed by atoms with Crippen LogP contribution in [-0.4, -0.2) is 30.6 Å². The number of rotatable bonds is 8. The summed E-state index contributed by atoms with van der Waals surface area (Å²) >= 11 is 0. The van der Waals surface area contributed by atoms with Crippen molar-refractivity contribution in [3.63, 3.8) is 0 Å². The zero-order valence-electron chi connectivity index (χ0n) is 18.6.